The van der Waals surface area contributed by atoms with Gasteiger partial charge in [-0.05, 0) is 23.4 Å². The predicted molar refractivity (Wildman–Crippen MR) is 71.7 cm³/mol. The summed E-state index contributed by atoms with van der Waals surface area (Å²) in [4.78, 5) is 2.68. The van der Waals surface area contributed by atoms with Crippen molar-refractivity contribution < 1.29 is 0 Å². The minimum absolute atomic E-state index is 0.608. The Kier molecular flexibility index (Phi) is 5.58. The monoisotopic (exact) mass is 241 g/mol. The van der Waals surface area contributed by atoms with Crippen LogP contribution in [0.1, 0.15) is 26.3 Å². The largest absolute Gasteiger partial charge is 0.326 e. The first-order valence-corrected chi connectivity index (χ1v) is 7.17. The van der Waals surface area contributed by atoms with Gasteiger partial charge in [0.05, 0.1) is 0 Å². The zero-order valence-electron chi connectivity index (χ0n) is 9.62. The summed E-state index contributed by atoms with van der Waals surface area (Å²) in [6, 6.07) is 6.47. The van der Waals surface area contributed by atoms with Gasteiger partial charge in [0.2, 0.25) is 0 Å². The summed E-state index contributed by atoms with van der Waals surface area (Å²) in [5, 5.41) is 0.608. The molecule has 0 aliphatic heterocycles. The normalized spacial score (nSPS) is 11.0. The van der Waals surface area contributed by atoms with E-state index in [9.17, 15) is 0 Å². The minimum Gasteiger partial charge on any atom is -0.326 e. The summed E-state index contributed by atoms with van der Waals surface area (Å²) >= 11 is 3.77. The number of hydrogen-bond acceptors (Lipinski definition) is 3. The van der Waals surface area contributed by atoms with Gasteiger partial charge in [0.25, 0.3) is 0 Å². The molecule has 2 N–H and O–H groups in total. The van der Waals surface area contributed by atoms with E-state index in [1.165, 1.54) is 15.4 Å². The summed E-state index contributed by atoms with van der Waals surface area (Å²) in [6.45, 7) is 7.24. The third-order valence-electron chi connectivity index (χ3n) is 1.96. The van der Waals surface area contributed by atoms with Crippen LogP contribution in [0.5, 0.6) is 0 Å². The SMILES string of the molecule is CCSc1cccc(SC(C)C)c1CN. The molecule has 0 aliphatic carbocycles. The first kappa shape index (κ1) is 12.9. The highest BCUT2D eigenvalue weighted by molar-refractivity contribution is 8.00. The van der Waals surface area contributed by atoms with Crippen LogP contribution < -0.4 is 5.73 Å². The summed E-state index contributed by atoms with van der Waals surface area (Å²) in [6.07, 6.45) is 0. The minimum atomic E-state index is 0.608. The molecule has 0 spiro atoms. The molecule has 1 rings (SSSR count). The number of nitrogens with two attached hydrogens (primary N) is 1. The van der Waals surface area contributed by atoms with Crippen LogP contribution >= 0.6 is 23.5 Å². The van der Waals surface area contributed by atoms with Gasteiger partial charge in [-0.2, -0.15) is 0 Å². The molecule has 1 aromatic carbocycles. The molecule has 15 heavy (non-hydrogen) atoms. The average molecular weight is 241 g/mol. The maximum Gasteiger partial charge on any atom is 0.0200 e. The molecular formula is C12H19NS2. The van der Waals surface area contributed by atoms with E-state index < -0.39 is 0 Å². The fraction of sp³-hybridized carbons (Fsp3) is 0.500. The lowest BCUT2D eigenvalue weighted by Crippen LogP contribution is -2.02. The highest BCUT2D eigenvalue weighted by Gasteiger charge is 2.08. The Morgan fingerprint density at radius 3 is 2.47 bits per heavy atom. The van der Waals surface area contributed by atoms with Crippen molar-refractivity contribution in [3.05, 3.63) is 23.8 Å². The molecule has 3 heteroatoms. The number of hydrogen-bond donors (Lipinski definition) is 1. The quantitative estimate of drug-likeness (QED) is 0.795. The van der Waals surface area contributed by atoms with Crippen LogP contribution in [0.2, 0.25) is 0 Å². The maximum atomic E-state index is 5.83. The molecule has 0 bridgehead atoms. The van der Waals surface area contributed by atoms with E-state index in [-0.39, 0.29) is 0 Å². The Morgan fingerprint density at radius 1 is 1.27 bits per heavy atom. The van der Waals surface area contributed by atoms with Crippen molar-refractivity contribution in [2.45, 2.75) is 42.4 Å². The molecule has 0 amide bonds. The molecule has 0 atom stereocenters. The smallest absolute Gasteiger partial charge is 0.0200 e. The lowest BCUT2D eigenvalue weighted by molar-refractivity contribution is 0.975. The Bertz CT molecular complexity index is 310. The van der Waals surface area contributed by atoms with Gasteiger partial charge in [0, 0.05) is 21.6 Å². The first-order valence-electron chi connectivity index (χ1n) is 5.30. The highest BCUT2D eigenvalue weighted by atomic mass is 32.2. The predicted octanol–water partition coefficient (Wildman–Crippen LogP) is 3.76. The van der Waals surface area contributed by atoms with Crippen LogP contribution in [0.15, 0.2) is 28.0 Å². The molecule has 0 fully saturated rings. The lowest BCUT2D eigenvalue weighted by Gasteiger charge is -2.13. The molecule has 1 aromatic rings. The lowest BCUT2D eigenvalue weighted by atomic mass is 10.2. The average Bonchev–Trinajstić information content (AvgIpc) is 2.18. The molecule has 0 saturated heterocycles. The summed E-state index contributed by atoms with van der Waals surface area (Å²) in [7, 11) is 0. The van der Waals surface area contributed by atoms with Crippen LogP contribution in [0.25, 0.3) is 0 Å². The summed E-state index contributed by atoms with van der Waals surface area (Å²) in [5.74, 6) is 1.10. The van der Waals surface area contributed by atoms with Crippen LogP contribution in [0.4, 0.5) is 0 Å². The standard InChI is InChI=1S/C12H19NS2/c1-4-14-11-6-5-7-12(10(11)8-13)15-9(2)3/h5-7,9H,4,8,13H2,1-3H3. The van der Waals surface area contributed by atoms with E-state index >= 15 is 0 Å². The highest BCUT2D eigenvalue weighted by Crippen LogP contribution is 2.32. The second-order valence-corrected chi connectivity index (χ2v) is 6.46. The summed E-state index contributed by atoms with van der Waals surface area (Å²) < 4.78 is 0. The molecule has 1 nitrogen and oxygen atoms in total. The van der Waals surface area contributed by atoms with Crippen molar-refractivity contribution in [1.82, 2.24) is 0 Å². The molecule has 0 aliphatic rings. The van der Waals surface area contributed by atoms with Crippen molar-refractivity contribution in [3.63, 3.8) is 0 Å². The van der Waals surface area contributed by atoms with Crippen molar-refractivity contribution in [2.24, 2.45) is 5.73 Å². The molecule has 0 aromatic heterocycles. The third-order valence-corrected chi connectivity index (χ3v) is 4.05. The maximum absolute atomic E-state index is 5.83. The third kappa shape index (κ3) is 3.74. The summed E-state index contributed by atoms with van der Waals surface area (Å²) in [5.41, 5.74) is 7.14. The topological polar surface area (TPSA) is 26.0 Å². The molecule has 0 saturated carbocycles. The van der Waals surface area contributed by atoms with E-state index in [0.717, 1.165) is 5.75 Å². The number of thioether (sulfide) groups is 2. The Hall–Kier alpha value is -0.120. The van der Waals surface area contributed by atoms with Gasteiger partial charge in [-0.1, -0.05) is 26.8 Å². The molecule has 0 unspecified atom stereocenters. The van der Waals surface area contributed by atoms with Crippen LogP contribution in [0, 0.1) is 0 Å². The Labute approximate surface area is 101 Å². The van der Waals surface area contributed by atoms with E-state index in [4.69, 9.17) is 5.73 Å². The number of benzene rings is 1. The van der Waals surface area contributed by atoms with Gasteiger partial charge < -0.3 is 5.73 Å². The van der Waals surface area contributed by atoms with E-state index in [0.29, 0.717) is 11.8 Å². The fourth-order valence-corrected chi connectivity index (χ4v) is 3.32. The van der Waals surface area contributed by atoms with Gasteiger partial charge in [0.1, 0.15) is 0 Å². The molecular weight excluding hydrogens is 222 g/mol. The number of rotatable bonds is 5. The van der Waals surface area contributed by atoms with Crippen LogP contribution in [-0.2, 0) is 6.54 Å². The second kappa shape index (κ2) is 6.46. The Morgan fingerprint density at radius 2 is 1.93 bits per heavy atom. The zero-order chi connectivity index (χ0) is 11.3. The van der Waals surface area contributed by atoms with Gasteiger partial charge in [-0.15, -0.1) is 23.5 Å². The van der Waals surface area contributed by atoms with Gasteiger partial charge in [-0.3, -0.25) is 0 Å². The van der Waals surface area contributed by atoms with E-state index in [1.54, 1.807) is 0 Å². The van der Waals surface area contributed by atoms with Crippen molar-refractivity contribution in [1.29, 1.82) is 0 Å². The molecule has 84 valence electrons. The van der Waals surface area contributed by atoms with Gasteiger partial charge in [0.15, 0.2) is 0 Å². The van der Waals surface area contributed by atoms with Crippen molar-refractivity contribution in [2.75, 3.05) is 5.75 Å². The fourth-order valence-electron chi connectivity index (χ4n) is 1.40. The Balaban J connectivity index is 2.98. The van der Waals surface area contributed by atoms with Crippen molar-refractivity contribution >= 4 is 23.5 Å². The van der Waals surface area contributed by atoms with Gasteiger partial charge >= 0.3 is 0 Å². The first-order chi connectivity index (χ1) is 7.19. The molecule has 0 heterocycles. The zero-order valence-corrected chi connectivity index (χ0v) is 11.3. The van der Waals surface area contributed by atoms with E-state index in [1.807, 2.05) is 23.5 Å². The molecule has 0 radical (unpaired) electrons. The van der Waals surface area contributed by atoms with E-state index in [2.05, 4.69) is 39.0 Å². The van der Waals surface area contributed by atoms with Crippen LogP contribution in [-0.4, -0.2) is 11.0 Å². The van der Waals surface area contributed by atoms with Gasteiger partial charge in [-0.25, -0.2) is 0 Å². The second-order valence-electron chi connectivity index (χ2n) is 3.54. The van der Waals surface area contributed by atoms with Crippen LogP contribution in [0.3, 0.4) is 0 Å². The van der Waals surface area contributed by atoms with Crippen molar-refractivity contribution in [3.8, 4) is 0 Å².